The summed E-state index contributed by atoms with van der Waals surface area (Å²) in [5.41, 5.74) is 1.07. The van der Waals surface area contributed by atoms with Crippen LogP contribution in [0.5, 0.6) is 0 Å². The van der Waals surface area contributed by atoms with Crippen LogP contribution in [0.4, 0.5) is 4.39 Å². The number of aliphatic hydroxyl groups excluding tert-OH is 1. The molecule has 1 saturated carbocycles. The van der Waals surface area contributed by atoms with Crippen molar-refractivity contribution in [2.75, 3.05) is 6.54 Å². The van der Waals surface area contributed by atoms with Gasteiger partial charge in [0.2, 0.25) is 0 Å². The Morgan fingerprint density at radius 3 is 3.06 bits per heavy atom. The van der Waals surface area contributed by atoms with E-state index in [1.165, 1.54) is 25.3 Å². The molecule has 1 fully saturated rings. The van der Waals surface area contributed by atoms with Crippen molar-refractivity contribution in [1.29, 1.82) is 0 Å². The summed E-state index contributed by atoms with van der Waals surface area (Å²) in [6, 6.07) is 3.52. The van der Waals surface area contributed by atoms with Crippen molar-refractivity contribution in [2.45, 2.75) is 31.4 Å². The van der Waals surface area contributed by atoms with Crippen LogP contribution >= 0.6 is 0 Å². The molecule has 0 spiro atoms. The second-order valence-corrected chi connectivity index (χ2v) is 4.85. The molecule has 2 aromatic rings. The number of hydrogen-bond acceptors (Lipinski definition) is 3. The maximum absolute atomic E-state index is 13.5. The normalized spacial score (nSPS) is 17.9. The lowest BCUT2D eigenvalue weighted by atomic mass is 9.93. The van der Waals surface area contributed by atoms with Crippen LogP contribution in [0.3, 0.4) is 0 Å². The van der Waals surface area contributed by atoms with Crippen LogP contribution in [0.25, 0.3) is 10.9 Å². The number of aliphatic hydroxyl groups is 1. The van der Waals surface area contributed by atoms with Crippen molar-refractivity contribution in [1.82, 2.24) is 15.5 Å². The maximum Gasteiger partial charge on any atom is 0.148 e. The fraction of sp³-hybridized carbons (Fsp3) is 0.462. The van der Waals surface area contributed by atoms with Gasteiger partial charge in [0.05, 0.1) is 12.3 Å². The van der Waals surface area contributed by atoms with E-state index in [2.05, 4.69) is 15.5 Å². The summed E-state index contributed by atoms with van der Waals surface area (Å²) < 4.78 is 13.5. The lowest BCUT2D eigenvalue weighted by Crippen LogP contribution is -2.37. The Hall–Kier alpha value is -1.46. The third-order valence-corrected chi connectivity index (χ3v) is 3.66. The first-order valence-corrected chi connectivity index (χ1v) is 6.28. The molecule has 0 amide bonds. The van der Waals surface area contributed by atoms with Crippen LogP contribution in [0.1, 0.15) is 30.9 Å². The Balaban J connectivity index is 1.79. The van der Waals surface area contributed by atoms with Crippen LogP contribution in [-0.2, 0) is 0 Å². The molecule has 0 bridgehead atoms. The number of fused-ring (bicyclic) bond motifs is 1. The van der Waals surface area contributed by atoms with Crippen LogP contribution in [0.15, 0.2) is 18.3 Å². The average molecular weight is 249 g/mol. The molecule has 1 aromatic heterocycles. The molecule has 1 heterocycles. The number of benzene rings is 1. The van der Waals surface area contributed by atoms with Crippen LogP contribution in [0, 0.1) is 5.82 Å². The Kier molecular flexibility index (Phi) is 3.01. The summed E-state index contributed by atoms with van der Waals surface area (Å²) in [4.78, 5) is 0. The van der Waals surface area contributed by atoms with E-state index in [0.717, 1.165) is 0 Å². The van der Waals surface area contributed by atoms with Gasteiger partial charge in [-0.2, -0.15) is 5.10 Å². The van der Waals surface area contributed by atoms with Gasteiger partial charge in [0.1, 0.15) is 11.3 Å². The standard InChI is InChI=1S/C13H16FN3O/c14-11-5-4-9(10-6-16-17-13(10)11)12(18)7-15-8-2-1-3-8/h4-6,8,12,15,18H,1-3,7H2,(H,16,17)/t12-/m0/s1. The van der Waals surface area contributed by atoms with Crippen molar-refractivity contribution in [3.63, 3.8) is 0 Å². The van der Waals surface area contributed by atoms with E-state index in [9.17, 15) is 9.50 Å². The van der Waals surface area contributed by atoms with Gasteiger partial charge in [-0.05, 0) is 24.5 Å². The number of nitrogens with one attached hydrogen (secondary N) is 2. The number of hydrogen-bond donors (Lipinski definition) is 3. The first-order chi connectivity index (χ1) is 8.75. The van der Waals surface area contributed by atoms with Crippen LogP contribution in [-0.4, -0.2) is 27.9 Å². The Morgan fingerprint density at radius 2 is 2.33 bits per heavy atom. The van der Waals surface area contributed by atoms with Crippen LogP contribution in [0.2, 0.25) is 0 Å². The van der Waals surface area contributed by atoms with Crippen molar-refractivity contribution in [3.05, 3.63) is 29.7 Å². The van der Waals surface area contributed by atoms with E-state index in [-0.39, 0.29) is 5.82 Å². The minimum absolute atomic E-state index is 0.342. The number of nitrogens with zero attached hydrogens (tertiary/aromatic N) is 1. The van der Waals surface area contributed by atoms with Crippen molar-refractivity contribution < 1.29 is 9.50 Å². The molecule has 18 heavy (non-hydrogen) atoms. The summed E-state index contributed by atoms with van der Waals surface area (Å²) in [6.45, 7) is 0.497. The number of halogens is 1. The highest BCUT2D eigenvalue weighted by atomic mass is 19.1. The molecule has 1 atom stereocenters. The number of aromatic nitrogens is 2. The third kappa shape index (κ3) is 2.00. The third-order valence-electron chi connectivity index (χ3n) is 3.66. The molecule has 1 aliphatic carbocycles. The SMILES string of the molecule is O[C@@H](CNC1CCC1)c1ccc(F)c2[nH]ncc12. The molecule has 0 radical (unpaired) electrons. The van der Waals surface area contributed by atoms with Gasteiger partial charge in [-0.25, -0.2) is 4.39 Å². The summed E-state index contributed by atoms with van der Waals surface area (Å²) >= 11 is 0. The minimum atomic E-state index is -0.633. The topological polar surface area (TPSA) is 60.9 Å². The molecule has 0 saturated heterocycles. The first kappa shape index (κ1) is 11.6. The van der Waals surface area contributed by atoms with Gasteiger partial charge in [-0.3, -0.25) is 5.10 Å². The molecule has 0 unspecified atom stereocenters. The number of H-pyrrole nitrogens is 1. The van der Waals surface area contributed by atoms with E-state index in [0.29, 0.717) is 29.1 Å². The molecule has 96 valence electrons. The molecule has 1 aliphatic rings. The van der Waals surface area contributed by atoms with E-state index in [1.54, 1.807) is 12.3 Å². The fourth-order valence-electron chi connectivity index (χ4n) is 2.31. The van der Waals surface area contributed by atoms with Gasteiger partial charge in [-0.1, -0.05) is 12.5 Å². The summed E-state index contributed by atoms with van der Waals surface area (Å²) in [6.07, 6.45) is 4.54. The summed E-state index contributed by atoms with van der Waals surface area (Å²) in [5, 5.41) is 20.6. The van der Waals surface area contributed by atoms with E-state index < -0.39 is 6.10 Å². The zero-order chi connectivity index (χ0) is 12.5. The quantitative estimate of drug-likeness (QED) is 0.775. The summed E-state index contributed by atoms with van der Waals surface area (Å²) in [7, 11) is 0. The van der Waals surface area contributed by atoms with Crippen molar-refractivity contribution in [2.24, 2.45) is 0 Å². The van der Waals surface area contributed by atoms with Crippen LogP contribution < -0.4 is 5.32 Å². The van der Waals surface area contributed by atoms with Gasteiger partial charge in [0.15, 0.2) is 0 Å². The second-order valence-electron chi connectivity index (χ2n) is 4.85. The monoisotopic (exact) mass is 249 g/mol. The molecule has 3 rings (SSSR count). The largest absolute Gasteiger partial charge is 0.387 e. The van der Waals surface area contributed by atoms with Gasteiger partial charge >= 0.3 is 0 Å². The Labute approximate surface area is 104 Å². The molecular formula is C13H16FN3O. The first-order valence-electron chi connectivity index (χ1n) is 6.28. The van der Waals surface area contributed by atoms with Gasteiger partial charge in [0, 0.05) is 18.0 Å². The number of rotatable bonds is 4. The van der Waals surface area contributed by atoms with E-state index in [1.807, 2.05) is 0 Å². The second kappa shape index (κ2) is 4.66. The van der Waals surface area contributed by atoms with Gasteiger partial charge in [-0.15, -0.1) is 0 Å². The maximum atomic E-state index is 13.5. The van der Waals surface area contributed by atoms with Crippen molar-refractivity contribution >= 4 is 10.9 Å². The predicted molar refractivity (Wildman–Crippen MR) is 66.7 cm³/mol. The van der Waals surface area contributed by atoms with E-state index >= 15 is 0 Å². The van der Waals surface area contributed by atoms with Gasteiger partial charge in [0.25, 0.3) is 0 Å². The Bertz CT molecular complexity index is 550. The highest BCUT2D eigenvalue weighted by molar-refractivity contribution is 5.82. The fourth-order valence-corrected chi connectivity index (χ4v) is 2.31. The lowest BCUT2D eigenvalue weighted by molar-refractivity contribution is 0.162. The lowest BCUT2D eigenvalue weighted by Gasteiger charge is -2.27. The number of aromatic amines is 1. The molecule has 3 N–H and O–H groups in total. The molecule has 0 aliphatic heterocycles. The van der Waals surface area contributed by atoms with E-state index in [4.69, 9.17) is 0 Å². The molecule has 4 nitrogen and oxygen atoms in total. The summed E-state index contributed by atoms with van der Waals surface area (Å²) in [5.74, 6) is -0.342. The highest BCUT2D eigenvalue weighted by Gasteiger charge is 2.20. The average Bonchev–Trinajstić information content (AvgIpc) is 2.77. The zero-order valence-corrected chi connectivity index (χ0v) is 9.99. The molecule has 5 heteroatoms. The molecule has 1 aromatic carbocycles. The highest BCUT2D eigenvalue weighted by Crippen LogP contribution is 2.25. The molecular weight excluding hydrogens is 233 g/mol. The van der Waals surface area contributed by atoms with Gasteiger partial charge < -0.3 is 10.4 Å². The minimum Gasteiger partial charge on any atom is -0.387 e. The smallest absolute Gasteiger partial charge is 0.148 e. The Morgan fingerprint density at radius 1 is 1.50 bits per heavy atom. The zero-order valence-electron chi connectivity index (χ0n) is 9.99. The van der Waals surface area contributed by atoms with Crippen molar-refractivity contribution in [3.8, 4) is 0 Å². The predicted octanol–water partition coefficient (Wildman–Crippen LogP) is 1.88.